The summed E-state index contributed by atoms with van der Waals surface area (Å²) in [5.41, 5.74) is 4.73. The Labute approximate surface area is 226 Å². The fraction of sp³-hybridized carbons (Fsp3) is 0.483. The summed E-state index contributed by atoms with van der Waals surface area (Å²) in [6.07, 6.45) is 6.04. The number of aliphatic hydroxyl groups excluding tert-OH is 2. The lowest BCUT2D eigenvalue weighted by atomic mass is 9.58. The molecule has 4 aliphatic rings. The molecule has 1 amide bonds. The Kier molecular flexibility index (Phi) is 6.38. The minimum absolute atomic E-state index is 0.0449. The van der Waals surface area contributed by atoms with Crippen LogP contribution >= 0.6 is 0 Å². The molecule has 6 N–H and O–H groups in total. The first-order valence-electron chi connectivity index (χ1n) is 13.2. The van der Waals surface area contributed by atoms with Crippen molar-refractivity contribution in [3.8, 4) is 5.75 Å². The maximum atomic E-state index is 14.1. The van der Waals surface area contributed by atoms with Gasteiger partial charge >= 0.3 is 0 Å². The Hall–Kier alpha value is -3.63. The number of nitrogens with two attached hydrogens (primary N) is 1. The number of fused-ring (bicyclic) bond motifs is 3. The van der Waals surface area contributed by atoms with Crippen LogP contribution in [0.4, 0.5) is 5.69 Å². The highest BCUT2D eigenvalue weighted by molar-refractivity contribution is 6.25. The van der Waals surface area contributed by atoms with Crippen molar-refractivity contribution >= 4 is 28.7 Å². The molecular weight excluding hydrogens is 502 g/mol. The monoisotopic (exact) mass is 537 g/mol. The Bertz CT molecular complexity index is 1400. The van der Waals surface area contributed by atoms with Gasteiger partial charge in [0, 0.05) is 36.8 Å². The fourth-order valence-electron chi connectivity index (χ4n) is 7.03. The number of allylic oxidation sites excluding steroid dienone is 3. The molecule has 0 heterocycles. The lowest BCUT2D eigenvalue weighted by molar-refractivity contribution is -0.148. The van der Waals surface area contributed by atoms with Gasteiger partial charge in [-0.1, -0.05) is 6.08 Å². The minimum atomic E-state index is -2.64. The first kappa shape index (κ1) is 27.0. The average molecular weight is 538 g/mol. The number of Topliss-reactive ketones (excluding diaryl/α,β-unsaturated/α-hetero) is 2. The summed E-state index contributed by atoms with van der Waals surface area (Å²) in [4.78, 5) is 43.1. The maximum absolute atomic E-state index is 14.1. The van der Waals surface area contributed by atoms with E-state index in [1.807, 2.05) is 25.1 Å². The molecule has 5 rings (SSSR count). The number of aliphatic hydroxyl groups is 3. The van der Waals surface area contributed by atoms with Gasteiger partial charge in [-0.25, -0.2) is 0 Å². The topological polar surface area (TPSA) is 165 Å². The van der Waals surface area contributed by atoms with Crippen molar-refractivity contribution in [1.82, 2.24) is 4.90 Å². The Morgan fingerprint density at radius 1 is 1.10 bits per heavy atom. The van der Waals surface area contributed by atoms with E-state index in [-0.39, 0.29) is 29.7 Å². The molecule has 0 spiro atoms. The van der Waals surface area contributed by atoms with E-state index in [9.17, 15) is 34.8 Å². The van der Waals surface area contributed by atoms with Crippen molar-refractivity contribution in [2.45, 2.75) is 50.2 Å². The predicted molar refractivity (Wildman–Crippen MR) is 144 cm³/mol. The SMILES string of the molecule is CN(C)c1cc(C2=CCCCC2)c(O)c2c1CC1CC3[C@H](N(C)C)C(O)=C(C(N)=O)C(=O)[C@@]3(O)C(O)=C1C2=O. The second-order valence-electron chi connectivity index (χ2n) is 11.5. The number of phenolic OH excluding ortho intramolecular Hbond substituents is 1. The van der Waals surface area contributed by atoms with Crippen LogP contribution < -0.4 is 10.6 Å². The third kappa shape index (κ3) is 3.72. The largest absolute Gasteiger partial charge is 0.510 e. The number of carbonyl (C=O) groups excluding carboxylic acids is 3. The van der Waals surface area contributed by atoms with Crippen LogP contribution in [0.3, 0.4) is 0 Å². The van der Waals surface area contributed by atoms with Gasteiger partial charge in [0.1, 0.15) is 22.8 Å². The molecule has 0 aromatic heterocycles. The van der Waals surface area contributed by atoms with Crippen molar-refractivity contribution in [2.75, 3.05) is 33.1 Å². The van der Waals surface area contributed by atoms with Crippen LogP contribution in [0, 0.1) is 11.8 Å². The van der Waals surface area contributed by atoms with Gasteiger partial charge in [-0.3, -0.25) is 19.3 Å². The summed E-state index contributed by atoms with van der Waals surface area (Å²) in [5, 5.41) is 45.6. The highest BCUT2D eigenvalue weighted by Gasteiger charge is 2.63. The molecule has 0 saturated heterocycles. The molecule has 10 heteroatoms. The smallest absolute Gasteiger partial charge is 0.255 e. The summed E-state index contributed by atoms with van der Waals surface area (Å²) in [6.45, 7) is 0. The second kappa shape index (κ2) is 9.24. The van der Waals surface area contributed by atoms with Gasteiger partial charge in [0.2, 0.25) is 5.78 Å². The highest BCUT2D eigenvalue weighted by atomic mass is 16.3. The quantitative estimate of drug-likeness (QED) is 0.362. The van der Waals surface area contributed by atoms with E-state index in [2.05, 4.69) is 6.08 Å². The number of hydrogen-bond donors (Lipinski definition) is 5. The van der Waals surface area contributed by atoms with Gasteiger partial charge in [0.05, 0.1) is 11.6 Å². The molecule has 0 fully saturated rings. The first-order valence-corrected chi connectivity index (χ1v) is 13.2. The summed E-state index contributed by atoms with van der Waals surface area (Å²) in [6, 6.07) is 0.880. The lowest BCUT2D eigenvalue weighted by Crippen LogP contribution is -2.63. The van der Waals surface area contributed by atoms with Crippen molar-refractivity contribution in [3.63, 3.8) is 0 Å². The molecule has 1 aromatic carbocycles. The molecule has 0 radical (unpaired) electrons. The number of primary amides is 1. The number of hydrogen-bond acceptors (Lipinski definition) is 9. The third-order valence-corrected chi connectivity index (χ3v) is 8.82. The first-order chi connectivity index (χ1) is 18.3. The number of benzene rings is 1. The molecule has 0 aliphatic heterocycles. The molecule has 4 aliphatic carbocycles. The molecule has 0 bridgehead atoms. The van der Waals surface area contributed by atoms with E-state index < -0.39 is 58.0 Å². The standard InChI is InChI=1S/C29H35N3O7/c1-31(2)18-12-15(13-8-6-5-7-9-13)23(33)20-16(18)10-14-11-17-22(32(3)4)25(35)21(28(30)38)27(37)29(17,39)26(36)19(14)24(20)34/h8,12,14,17,22,33,35-36,39H,5-7,9-11H2,1-4H3,(H2,30,38)/t14?,17?,22-,29-/m0/s1. The molecule has 208 valence electrons. The van der Waals surface area contributed by atoms with Crippen LogP contribution in [0.15, 0.2) is 34.8 Å². The number of anilines is 1. The number of likely N-dealkylation sites (N-methyl/N-ethyl adjacent to an activating group) is 1. The zero-order valence-corrected chi connectivity index (χ0v) is 22.6. The van der Waals surface area contributed by atoms with E-state index in [0.29, 0.717) is 11.1 Å². The maximum Gasteiger partial charge on any atom is 0.255 e. The third-order valence-electron chi connectivity index (χ3n) is 8.82. The predicted octanol–water partition coefficient (Wildman–Crippen LogP) is 2.14. The normalized spacial score (nSPS) is 28.7. The summed E-state index contributed by atoms with van der Waals surface area (Å²) in [7, 11) is 6.93. The van der Waals surface area contributed by atoms with Crippen molar-refractivity contribution < 1.29 is 34.8 Å². The number of ketones is 2. The molecule has 4 atom stereocenters. The molecule has 39 heavy (non-hydrogen) atoms. The number of rotatable bonds is 4. The van der Waals surface area contributed by atoms with Gasteiger partial charge in [-0.15, -0.1) is 0 Å². The minimum Gasteiger partial charge on any atom is -0.510 e. The van der Waals surface area contributed by atoms with E-state index >= 15 is 0 Å². The number of phenols is 1. The van der Waals surface area contributed by atoms with Crippen LogP contribution in [0.2, 0.25) is 0 Å². The van der Waals surface area contributed by atoms with Crippen molar-refractivity contribution in [3.05, 3.63) is 51.5 Å². The second-order valence-corrected chi connectivity index (χ2v) is 11.5. The van der Waals surface area contributed by atoms with Gasteiger partial charge in [0.15, 0.2) is 11.4 Å². The highest BCUT2D eigenvalue weighted by Crippen LogP contribution is 2.54. The van der Waals surface area contributed by atoms with Crippen molar-refractivity contribution in [2.24, 2.45) is 17.6 Å². The summed E-state index contributed by atoms with van der Waals surface area (Å²) in [5.74, 6) is -6.41. The van der Waals surface area contributed by atoms with E-state index in [1.165, 1.54) is 0 Å². The summed E-state index contributed by atoms with van der Waals surface area (Å²) < 4.78 is 0. The van der Waals surface area contributed by atoms with E-state index in [0.717, 1.165) is 36.9 Å². The molecule has 0 saturated carbocycles. The molecule has 10 nitrogen and oxygen atoms in total. The Morgan fingerprint density at radius 2 is 1.79 bits per heavy atom. The molecular formula is C29H35N3O7. The Balaban J connectivity index is 1.74. The van der Waals surface area contributed by atoms with Gasteiger partial charge in [-0.05, 0) is 75.7 Å². The van der Waals surface area contributed by atoms with Crippen LogP contribution in [-0.4, -0.2) is 82.6 Å². The number of aromatic hydroxyl groups is 1. The van der Waals surface area contributed by atoms with Gasteiger partial charge in [0.25, 0.3) is 5.91 Å². The van der Waals surface area contributed by atoms with Crippen LogP contribution in [0.5, 0.6) is 5.75 Å². The van der Waals surface area contributed by atoms with Crippen LogP contribution in [0.25, 0.3) is 5.57 Å². The van der Waals surface area contributed by atoms with Crippen LogP contribution in [0.1, 0.15) is 53.6 Å². The van der Waals surface area contributed by atoms with E-state index in [1.54, 1.807) is 19.0 Å². The number of nitrogens with zero attached hydrogens (tertiary/aromatic N) is 2. The zero-order chi connectivity index (χ0) is 28.5. The molecule has 2 unspecified atom stereocenters. The van der Waals surface area contributed by atoms with Gasteiger partial charge < -0.3 is 31.1 Å². The number of amides is 1. The molecule has 1 aromatic rings. The average Bonchev–Trinajstić information content (AvgIpc) is 2.86. The van der Waals surface area contributed by atoms with Gasteiger partial charge in [-0.2, -0.15) is 0 Å². The van der Waals surface area contributed by atoms with Crippen LogP contribution in [-0.2, 0) is 16.0 Å². The fourth-order valence-corrected chi connectivity index (χ4v) is 7.03. The Morgan fingerprint density at radius 3 is 2.36 bits per heavy atom. The van der Waals surface area contributed by atoms with Crippen molar-refractivity contribution in [1.29, 1.82) is 0 Å². The number of carbonyl (C=O) groups is 3. The van der Waals surface area contributed by atoms with E-state index in [4.69, 9.17) is 5.73 Å². The lowest BCUT2D eigenvalue weighted by Gasteiger charge is -2.50. The summed E-state index contributed by atoms with van der Waals surface area (Å²) >= 11 is 0. The zero-order valence-electron chi connectivity index (χ0n) is 22.6.